The van der Waals surface area contributed by atoms with Crippen LogP contribution in [0.4, 0.5) is 4.79 Å². The first kappa shape index (κ1) is 23.0. The van der Waals surface area contributed by atoms with Gasteiger partial charge in [-0.05, 0) is 28.3 Å². The molecule has 0 fully saturated rings. The fourth-order valence-electron chi connectivity index (χ4n) is 4.32. The van der Waals surface area contributed by atoms with Gasteiger partial charge in [0.15, 0.2) is 6.04 Å². The van der Waals surface area contributed by atoms with Crippen LogP contribution in [-0.4, -0.2) is 48.9 Å². The van der Waals surface area contributed by atoms with E-state index in [1.165, 1.54) is 12.0 Å². The normalized spacial score (nSPS) is 13.2. The molecule has 1 N–H and O–H groups in total. The Hall–Kier alpha value is -3.16. The molecule has 0 saturated carbocycles. The minimum absolute atomic E-state index is 0.0749. The number of fused-ring (bicyclic) bond motifs is 3. The lowest BCUT2D eigenvalue weighted by Crippen LogP contribution is -2.41. The van der Waals surface area contributed by atoms with E-state index in [4.69, 9.17) is 9.47 Å². The number of ether oxygens (including phenoxy) is 2. The monoisotopic (exact) mass is 509 g/mol. The molecular formula is C26H24BrNO5. The van der Waals surface area contributed by atoms with Crippen LogP contribution in [0.15, 0.2) is 77.3 Å². The van der Waals surface area contributed by atoms with Crippen molar-refractivity contribution in [3.63, 3.8) is 0 Å². The van der Waals surface area contributed by atoms with Crippen molar-refractivity contribution in [2.24, 2.45) is 0 Å². The van der Waals surface area contributed by atoms with E-state index in [1.54, 1.807) is 24.3 Å². The standard InChI is InChI=1S/C26H24BrNO5/c1-32-15-14-28(24(25(29)30)21-12-6-7-13-23(21)27)26(31)33-16-22-19-10-4-2-8-17(19)18-9-3-5-11-20(18)22/h2-13,22,24H,14-16H2,1H3,(H,29,30). The van der Waals surface area contributed by atoms with Gasteiger partial charge in [-0.3, -0.25) is 4.90 Å². The van der Waals surface area contributed by atoms with E-state index in [0.717, 1.165) is 22.3 Å². The van der Waals surface area contributed by atoms with Gasteiger partial charge in [0.2, 0.25) is 0 Å². The van der Waals surface area contributed by atoms with Crippen molar-refractivity contribution in [1.29, 1.82) is 0 Å². The van der Waals surface area contributed by atoms with Crippen molar-refractivity contribution in [2.45, 2.75) is 12.0 Å². The molecule has 7 heteroatoms. The lowest BCUT2D eigenvalue weighted by molar-refractivity contribution is -0.143. The summed E-state index contributed by atoms with van der Waals surface area (Å²) < 4.78 is 11.5. The molecule has 1 amide bonds. The third-order valence-electron chi connectivity index (χ3n) is 5.85. The number of amides is 1. The number of carbonyl (C=O) groups excluding carboxylic acids is 1. The maximum absolute atomic E-state index is 13.2. The lowest BCUT2D eigenvalue weighted by atomic mass is 9.98. The highest BCUT2D eigenvalue weighted by Gasteiger charge is 2.35. The number of carboxylic acids is 1. The van der Waals surface area contributed by atoms with Crippen LogP contribution in [0, 0.1) is 0 Å². The van der Waals surface area contributed by atoms with E-state index in [2.05, 4.69) is 28.1 Å². The average molecular weight is 510 g/mol. The van der Waals surface area contributed by atoms with Gasteiger partial charge in [-0.25, -0.2) is 9.59 Å². The first-order chi connectivity index (χ1) is 16.0. The molecule has 0 radical (unpaired) electrons. The summed E-state index contributed by atoms with van der Waals surface area (Å²) in [6.07, 6.45) is -0.697. The van der Waals surface area contributed by atoms with Crippen LogP contribution < -0.4 is 0 Å². The summed E-state index contributed by atoms with van der Waals surface area (Å²) in [6, 6.07) is 21.9. The first-order valence-electron chi connectivity index (χ1n) is 10.6. The van der Waals surface area contributed by atoms with Gasteiger partial charge >= 0.3 is 12.1 Å². The number of carboxylic acid groups (broad SMARTS) is 1. The molecule has 0 aromatic heterocycles. The van der Waals surface area contributed by atoms with Crippen LogP contribution >= 0.6 is 15.9 Å². The van der Waals surface area contributed by atoms with E-state index in [1.807, 2.05) is 36.4 Å². The largest absolute Gasteiger partial charge is 0.479 e. The van der Waals surface area contributed by atoms with Gasteiger partial charge in [0.1, 0.15) is 6.61 Å². The van der Waals surface area contributed by atoms with E-state index in [-0.39, 0.29) is 25.7 Å². The number of aliphatic carboxylic acids is 1. The second-order valence-electron chi connectivity index (χ2n) is 7.75. The topological polar surface area (TPSA) is 76.1 Å². The highest BCUT2D eigenvalue weighted by molar-refractivity contribution is 9.10. The van der Waals surface area contributed by atoms with Crippen molar-refractivity contribution >= 4 is 28.0 Å². The quantitative estimate of drug-likeness (QED) is 0.435. The Labute approximate surface area is 200 Å². The van der Waals surface area contributed by atoms with E-state index in [0.29, 0.717) is 10.0 Å². The molecule has 0 bridgehead atoms. The predicted molar refractivity (Wildman–Crippen MR) is 128 cm³/mol. The minimum Gasteiger partial charge on any atom is -0.479 e. The number of methoxy groups -OCH3 is 1. The van der Waals surface area contributed by atoms with Crippen LogP contribution in [-0.2, 0) is 14.3 Å². The molecule has 3 aromatic carbocycles. The molecule has 1 unspecified atom stereocenters. The molecule has 0 aliphatic heterocycles. The fourth-order valence-corrected chi connectivity index (χ4v) is 4.83. The number of hydrogen-bond donors (Lipinski definition) is 1. The number of rotatable bonds is 8. The molecule has 6 nitrogen and oxygen atoms in total. The number of hydrogen-bond acceptors (Lipinski definition) is 4. The molecule has 1 aliphatic carbocycles. The molecule has 0 saturated heterocycles. The summed E-state index contributed by atoms with van der Waals surface area (Å²) in [6.45, 7) is 0.364. The third kappa shape index (κ3) is 4.65. The van der Waals surface area contributed by atoms with Gasteiger partial charge in [0, 0.05) is 29.6 Å². The Morgan fingerprint density at radius 3 is 2.12 bits per heavy atom. The van der Waals surface area contributed by atoms with Crippen molar-refractivity contribution in [2.75, 3.05) is 26.9 Å². The molecule has 33 heavy (non-hydrogen) atoms. The second kappa shape index (κ2) is 10.2. The molecule has 170 valence electrons. The fraction of sp³-hybridized carbons (Fsp3) is 0.231. The Bertz CT molecular complexity index is 1120. The zero-order valence-electron chi connectivity index (χ0n) is 18.1. The van der Waals surface area contributed by atoms with Crippen LogP contribution in [0.2, 0.25) is 0 Å². The van der Waals surface area contributed by atoms with Gasteiger partial charge in [0.05, 0.1) is 6.61 Å². The number of benzene rings is 3. The Balaban J connectivity index is 1.60. The SMILES string of the molecule is COCCN(C(=O)OCC1c2ccccc2-c2ccccc21)C(C(=O)O)c1ccccc1Br. The third-order valence-corrected chi connectivity index (χ3v) is 6.57. The van der Waals surface area contributed by atoms with Crippen LogP contribution in [0.25, 0.3) is 11.1 Å². The summed E-state index contributed by atoms with van der Waals surface area (Å²) in [5.74, 6) is -1.26. The maximum atomic E-state index is 13.2. The van der Waals surface area contributed by atoms with Gasteiger partial charge in [-0.1, -0.05) is 82.7 Å². The minimum atomic E-state index is -1.22. The number of halogens is 1. The average Bonchev–Trinajstić information content (AvgIpc) is 3.14. The maximum Gasteiger partial charge on any atom is 0.410 e. The van der Waals surface area contributed by atoms with Gasteiger partial charge < -0.3 is 14.6 Å². The Kier molecular flexibility index (Phi) is 7.11. The molecular weight excluding hydrogens is 486 g/mol. The summed E-state index contributed by atoms with van der Waals surface area (Å²) in [4.78, 5) is 26.7. The van der Waals surface area contributed by atoms with E-state index >= 15 is 0 Å². The molecule has 1 atom stereocenters. The van der Waals surface area contributed by atoms with Crippen LogP contribution in [0.1, 0.15) is 28.7 Å². The molecule has 0 spiro atoms. The van der Waals surface area contributed by atoms with Crippen LogP contribution in [0.3, 0.4) is 0 Å². The highest BCUT2D eigenvalue weighted by atomic mass is 79.9. The van der Waals surface area contributed by atoms with E-state index in [9.17, 15) is 14.7 Å². The van der Waals surface area contributed by atoms with Gasteiger partial charge in [-0.2, -0.15) is 0 Å². The zero-order valence-corrected chi connectivity index (χ0v) is 19.7. The summed E-state index contributed by atoms with van der Waals surface area (Å²) in [5.41, 5.74) is 4.91. The molecule has 4 rings (SSSR count). The highest BCUT2D eigenvalue weighted by Crippen LogP contribution is 2.44. The Morgan fingerprint density at radius 1 is 0.970 bits per heavy atom. The Morgan fingerprint density at radius 2 is 1.55 bits per heavy atom. The second-order valence-corrected chi connectivity index (χ2v) is 8.61. The molecule has 1 aliphatic rings. The molecule has 0 heterocycles. The summed E-state index contributed by atoms with van der Waals surface area (Å²) >= 11 is 3.41. The summed E-state index contributed by atoms with van der Waals surface area (Å²) in [7, 11) is 1.50. The zero-order chi connectivity index (χ0) is 23.4. The van der Waals surface area contributed by atoms with Crippen LogP contribution in [0.5, 0.6) is 0 Å². The molecule has 3 aromatic rings. The smallest absolute Gasteiger partial charge is 0.410 e. The van der Waals surface area contributed by atoms with Gasteiger partial charge in [0.25, 0.3) is 0 Å². The number of carbonyl (C=O) groups is 2. The van der Waals surface area contributed by atoms with Crippen molar-refractivity contribution in [3.8, 4) is 11.1 Å². The summed E-state index contributed by atoms with van der Waals surface area (Å²) in [5, 5.41) is 10.00. The number of nitrogens with zero attached hydrogens (tertiary/aromatic N) is 1. The first-order valence-corrected chi connectivity index (χ1v) is 11.4. The van der Waals surface area contributed by atoms with Crippen molar-refractivity contribution in [3.05, 3.63) is 94.0 Å². The predicted octanol–water partition coefficient (Wildman–Crippen LogP) is 5.47. The van der Waals surface area contributed by atoms with Crippen molar-refractivity contribution in [1.82, 2.24) is 4.90 Å². The van der Waals surface area contributed by atoms with Gasteiger partial charge in [-0.15, -0.1) is 0 Å². The lowest BCUT2D eigenvalue weighted by Gasteiger charge is -2.29. The van der Waals surface area contributed by atoms with Crippen molar-refractivity contribution < 1.29 is 24.2 Å². The van der Waals surface area contributed by atoms with E-state index < -0.39 is 18.1 Å².